The van der Waals surface area contributed by atoms with E-state index in [0.29, 0.717) is 5.82 Å². The fourth-order valence-electron chi connectivity index (χ4n) is 1.43. The molecule has 5 nitrogen and oxygen atoms in total. The number of hydrogen-bond acceptors (Lipinski definition) is 3. The zero-order valence-electron chi connectivity index (χ0n) is 9.12. The summed E-state index contributed by atoms with van der Waals surface area (Å²) < 4.78 is 19.6. The van der Waals surface area contributed by atoms with E-state index >= 15 is 0 Å². The van der Waals surface area contributed by atoms with E-state index in [2.05, 4.69) is 10.1 Å². The van der Waals surface area contributed by atoms with E-state index in [-0.39, 0.29) is 16.5 Å². The fourth-order valence-corrected chi connectivity index (χ4v) is 1.66. The number of nitrogens with zero attached hydrogens (tertiary/aromatic N) is 2. The number of aromatic amines is 1. The molecule has 0 atom stereocenters. The minimum absolute atomic E-state index is 0.0133. The van der Waals surface area contributed by atoms with Crippen LogP contribution in [0.5, 0.6) is 5.75 Å². The van der Waals surface area contributed by atoms with E-state index in [4.69, 9.17) is 16.3 Å². The molecule has 17 heavy (non-hydrogen) atoms. The normalized spacial score (nSPS) is 10.6. The molecule has 2 rings (SSSR count). The van der Waals surface area contributed by atoms with Crippen molar-refractivity contribution in [1.82, 2.24) is 14.8 Å². The SMILES string of the molecule is COc1cc(-n2nc(C)[nH]c2=O)c(F)cc1Cl. The molecule has 0 radical (unpaired) electrons. The summed E-state index contributed by atoms with van der Waals surface area (Å²) in [5.41, 5.74) is -0.536. The highest BCUT2D eigenvalue weighted by atomic mass is 35.5. The molecule has 0 aliphatic heterocycles. The molecule has 0 amide bonds. The van der Waals surface area contributed by atoms with Gasteiger partial charge in [0, 0.05) is 6.07 Å². The molecule has 90 valence electrons. The molecule has 2 aromatic rings. The van der Waals surface area contributed by atoms with E-state index in [0.717, 1.165) is 10.7 Å². The number of hydrogen-bond donors (Lipinski definition) is 1. The number of H-pyrrole nitrogens is 1. The lowest BCUT2D eigenvalue weighted by molar-refractivity contribution is 0.413. The average molecular weight is 258 g/mol. The Morgan fingerprint density at radius 2 is 2.24 bits per heavy atom. The number of ether oxygens (including phenoxy) is 1. The number of rotatable bonds is 2. The Bertz CT molecular complexity index is 620. The quantitative estimate of drug-likeness (QED) is 0.890. The minimum atomic E-state index is -0.649. The third-order valence-corrected chi connectivity index (χ3v) is 2.48. The van der Waals surface area contributed by atoms with E-state index in [9.17, 15) is 9.18 Å². The van der Waals surface area contributed by atoms with Gasteiger partial charge in [-0.2, -0.15) is 9.78 Å². The van der Waals surface area contributed by atoms with Crippen molar-refractivity contribution in [2.24, 2.45) is 0 Å². The number of halogens is 2. The van der Waals surface area contributed by atoms with Gasteiger partial charge in [-0.15, -0.1) is 0 Å². The number of benzene rings is 1. The summed E-state index contributed by atoms with van der Waals surface area (Å²) in [6.45, 7) is 1.60. The van der Waals surface area contributed by atoms with Crippen LogP contribution in [0.4, 0.5) is 4.39 Å². The maximum atomic E-state index is 13.7. The first-order valence-electron chi connectivity index (χ1n) is 4.72. The van der Waals surface area contributed by atoms with Crippen molar-refractivity contribution in [1.29, 1.82) is 0 Å². The summed E-state index contributed by atoms with van der Waals surface area (Å²) in [6, 6.07) is 2.39. The highest BCUT2D eigenvalue weighted by molar-refractivity contribution is 6.32. The zero-order valence-corrected chi connectivity index (χ0v) is 9.88. The van der Waals surface area contributed by atoms with Crippen molar-refractivity contribution in [3.63, 3.8) is 0 Å². The third-order valence-electron chi connectivity index (χ3n) is 2.18. The smallest absolute Gasteiger partial charge is 0.348 e. The van der Waals surface area contributed by atoms with Crippen LogP contribution < -0.4 is 10.4 Å². The number of nitrogens with one attached hydrogen (secondary N) is 1. The monoisotopic (exact) mass is 257 g/mol. The van der Waals surface area contributed by atoms with Gasteiger partial charge < -0.3 is 4.74 Å². The third kappa shape index (κ3) is 2.03. The Morgan fingerprint density at radius 3 is 2.76 bits per heavy atom. The van der Waals surface area contributed by atoms with Crippen molar-refractivity contribution in [2.45, 2.75) is 6.92 Å². The Morgan fingerprint density at radius 1 is 1.53 bits per heavy atom. The second-order valence-corrected chi connectivity index (χ2v) is 3.77. The Hall–Kier alpha value is -1.82. The molecule has 0 bridgehead atoms. The highest BCUT2D eigenvalue weighted by Gasteiger charge is 2.14. The first kappa shape index (κ1) is 11.7. The first-order valence-corrected chi connectivity index (χ1v) is 5.10. The molecule has 0 saturated carbocycles. The van der Waals surface area contributed by atoms with Crippen LogP contribution in [0.3, 0.4) is 0 Å². The van der Waals surface area contributed by atoms with Gasteiger partial charge in [0.05, 0.1) is 12.1 Å². The van der Waals surface area contributed by atoms with Crippen LogP contribution in [0.25, 0.3) is 5.69 Å². The van der Waals surface area contributed by atoms with Gasteiger partial charge in [0.2, 0.25) is 0 Å². The second kappa shape index (κ2) is 4.21. The van der Waals surface area contributed by atoms with Gasteiger partial charge in [0.15, 0.2) is 5.82 Å². The molecular formula is C10H9ClFN3O2. The maximum Gasteiger partial charge on any atom is 0.348 e. The van der Waals surface area contributed by atoms with Crippen LogP contribution in [0, 0.1) is 12.7 Å². The largest absolute Gasteiger partial charge is 0.495 e. The Balaban J connectivity index is 2.67. The van der Waals surface area contributed by atoms with Crippen molar-refractivity contribution >= 4 is 11.6 Å². The summed E-state index contributed by atoms with van der Waals surface area (Å²) in [4.78, 5) is 13.9. The van der Waals surface area contributed by atoms with Gasteiger partial charge >= 0.3 is 5.69 Å². The van der Waals surface area contributed by atoms with Crippen molar-refractivity contribution < 1.29 is 9.13 Å². The summed E-state index contributed by atoms with van der Waals surface area (Å²) in [6.07, 6.45) is 0. The molecule has 7 heteroatoms. The van der Waals surface area contributed by atoms with E-state index in [1.807, 2.05) is 0 Å². The van der Waals surface area contributed by atoms with Crippen LogP contribution in [0.15, 0.2) is 16.9 Å². The van der Waals surface area contributed by atoms with E-state index in [1.54, 1.807) is 6.92 Å². The minimum Gasteiger partial charge on any atom is -0.495 e. The second-order valence-electron chi connectivity index (χ2n) is 3.37. The number of aromatic nitrogens is 3. The van der Waals surface area contributed by atoms with Crippen LogP contribution in [0.2, 0.25) is 5.02 Å². The lowest BCUT2D eigenvalue weighted by Gasteiger charge is -2.07. The highest BCUT2D eigenvalue weighted by Crippen LogP contribution is 2.28. The van der Waals surface area contributed by atoms with Gasteiger partial charge in [-0.05, 0) is 13.0 Å². The molecule has 1 N–H and O–H groups in total. The molecule has 0 aliphatic carbocycles. The Labute approximate surface area is 101 Å². The zero-order chi connectivity index (χ0) is 12.6. The van der Waals surface area contributed by atoms with E-state index in [1.165, 1.54) is 13.2 Å². The number of aryl methyl sites for hydroxylation is 1. The summed E-state index contributed by atoms with van der Waals surface area (Å²) >= 11 is 5.75. The summed E-state index contributed by atoms with van der Waals surface area (Å²) in [7, 11) is 1.40. The molecule has 0 saturated heterocycles. The molecule has 1 aromatic carbocycles. The van der Waals surface area contributed by atoms with Crippen LogP contribution in [0.1, 0.15) is 5.82 Å². The molecular weight excluding hydrogens is 249 g/mol. The lowest BCUT2D eigenvalue weighted by Crippen LogP contribution is -2.17. The van der Waals surface area contributed by atoms with Gasteiger partial charge in [-0.1, -0.05) is 11.6 Å². The predicted octanol–water partition coefficient (Wildman–Crippen LogP) is 1.67. The standard InChI is InChI=1S/C10H9ClFN3O2/c1-5-13-10(16)15(14-5)8-4-9(17-2)6(11)3-7(8)12/h3-4H,1-2H3,(H,13,14,16). The predicted molar refractivity (Wildman–Crippen MR) is 60.4 cm³/mol. The average Bonchev–Trinajstić information content (AvgIpc) is 2.58. The fraction of sp³-hybridized carbons (Fsp3) is 0.200. The van der Waals surface area contributed by atoms with Gasteiger partial charge in [0.25, 0.3) is 0 Å². The summed E-state index contributed by atoms with van der Waals surface area (Å²) in [5.74, 6) is 0.0170. The van der Waals surface area contributed by atoms with Crippen molar-refractivity contribution in [2.75, 3.05) is 7.11 Å². The van der Waals surface area contributed by atoms with Gasteiger partial charge in [-0.3, -0.25) is 4.98 Å². The molecule has 0 spiro atoms. The topological polar surface area (TPSA) is 59.9 Å². The van der Waals surface area contributed by atoms with Gasteiger partial charge in [-0.25, -0.2) is 9.18 Å². The first-order chi connectivity index (χ1) is 8.02. The van der Waals surface area contributed by atoms with E-state index < -0.39 is 11.5 Å². The molecule has 0 fully saturated rings. The van der Waals surface area contributed by atoms with Crippen LogP contribution in [-0.4, -0.2) is 21.9 Å². The summed E-state index contributed by atoms with van der Waals surface area (Å²) in [5, 5.41) is 3.99. The van der Waals surface area contributed by atoms with Crippen molar-refractivity contribution in [3.05, 3.63) is 39.3 Å². The Kier molecular flexibility index (Phi) is 2.89. The van der Waals surface area contributed by atoms with Crippen LogP contribution in [-0.2, 0) is 0 Å². The molecule has 0 unspecified atom stereocenters. The van der Waals surface area contributed by atoms with Crippen molar-refractivity contribution in [3.8, 4) is 11.4 Å². The number of methoxy groups -OCH3 is 1. The molecule has 1 heterocycles. The van der Waals surface area contributed by atoms with Crippen LogP contribution >= 0.6 is 11.6 Å². The molecule has 0 aliphatic rings. The maximum absolute atomic E-state index is 13.7. The lowest BCUT2D eigenvalue weighted by atomic mass is 10.3. The molecule has 1 aromatic heterocycles. The van der Waals surface area contributed by atoms with Gasteiger partial charge in [0.1, 0.15) is 17.3 Å².